The quantitative estimate of drug-likeness (QED) is 0.673. The van der Waals surface area contributed by atoms with E-state index in [1.54, 1.807) is 0 Å². The average Bonchev–Trinajstić information content (AvgIpc) is 2.31. The minimum absolute atomic E-state index is 0.567. The minimum Gasteiger partial charge on any atom is -0.391 e. The Balaban J connectivity index is 2.45. The number of hydrogen-bond donors (Lipinski definition) is 2. The highest BCUT2D eigenvalue weighted by Gasteiger charge is 2.02. The maximum absolute atomic E-state index is 3.38. The molecule has 1 heterocycles. The topological polar surface area (TPSA) is 24.1 Å². The summed E-state index contributed by atoms with van der Waals surface area (Å²) in [6.07, 6.45) is 11.5. The fourth-order valence-corrected chi connectivity index (χ4v) is 1.59. The van der Waals surface area contributed by atoms with E-state index in [-0.39, 0.29) is 0 Å². The van der Waals surface area contributed by atoms with Gasteiger partial charge in [-0.1, -0.05) is 12.2 Å². The molecule has 0 aliphatic carbocycles. The van der Waals surface area contributed by atoms with Gasteiger partial charge in [-0.05, 0) is 51.4 Å². The maximum atomic E-state index is 3.38. The van der Waals surface area contributed by atoms with Crippen molar-refractivity contribution in [1.82, 2.24) is 10.6 Å². The van der Waals surface area contributed by atoms with Gasteiger partial charge in [0.25, 0.3) is 0 Å². The number of rotatable bonds is 3. The first kappa shape index (κ1) is 11.3. The van der Waals surface area contributed by atoms with Gasteiger partial charge in [0.2, 0.25) is 0 Å². The van der Waals surface area contributed by atoms with Crippen LogP contribution in [-0.4, -0.2) is 19.6 Å². The predicted molar refractivity (Wildman–Crippen MR) is 62.2 cm³/mol. The third-order valence-corrected chi connectivity index (χ3v) is 2.61. The minimum atomic E-state index is 0.567. The van der Waals surface area contributed by atoms with E-state index >= 15 is 0 Å². The van der Waals surface area contributed by atoms with Gasteiger partial charge in [0.15, 0.2) is 0 Å². The Morgan fingerprint density at radius 3 is 3.14 bits per heavy atom. The van der Waals surface area contributed by atoms with E-state index in [0.29, 0.717) is 6.04 Å². The summed E-state index contributed by atoms with van der Waals surface area (Å²) in [5.74, 6) is 0. The van der Waals surface area contributed by atoms with Crippen LogP contribution >= 0.6 is 0 Å². The standard InChI is InChI=1S/C12H22N2/c1-11(13-2)9-12-7-5-3-4-6-8-14-10-12/h3,5,10-11,13-14H,4,6-9H2,1-2H3/b5-3-,12-10+. The molecule has 14 heavy (non-hydrogen) atoms. The van der Waals surface area contributed by atoms with Crippen LogP contribution in [-0.2, 0) is 0 Å². The lowest BCUT2D eigenvalue weighted by molar-refractivity contribution is 0.597. The highest BCUT2D eigenvalue weighted by Crippen LogP contribution is 2.11. The Morgan fingerprint density at radius 1 is 1.50 bits per heavy atom. The number of hydrogen-bond acceptors (Lipinski definition) is 2. The van der Waals surface area contributed by atoms with Gasteiger partial charge in [-0.25, -0.2) is 0 Å². The molecule has 0 amide bonds. The van der Waals surface area contributed by atoms with Gasteiger partial charge >= 0.3 is 0 Å². The molecule has 2 N–H and O–H groups in total. The van der Waals surface area contributed by atoms with Crippen LogP contribution in [0.2, 0.25) is 0 Å². The average molecular weight is 194 g/mol. The fraction of sp³-hybridized carbons (Fsp3) is 0.667. The number of nitrogens with one attached hydrogen (secondary N) is 2. The van der Waals surface area contributed by atoms with Crippen molar-refractivity contribution in [2.24, 2.45) is 0 Å². The molecule has 1 unspecified atom stereocenters. The normalized spacial score (nSPS) is 26.0. The van der Waals surface area contributed by atoms with Crippen LogP contribution in [0, 0.1) is 0 Å². The molecule has 0 bridgehead atoms. The van der Waals surface area contributed by atoms with Crippen LogP contribution in [0.5, 0.6) is 0 Å². The van der Waals surface area contributed by atoms with Crippen molar-refractivity contribution >= 4 is 0 Å². The summed E-state index contributed by atoms with van der Waals surface area (Å²) < 4.78 is 0. The van der Waals surface area contributed by atoms with Crippen LogP contribution in [0.3, 0.4) is 0 Å². The molecule has 2 nitrogen and oxygen atoms in total. The first-order chi connectivity index (χ1) is 6.83. The molecular formula is C12H22N2. The summed E-state index contributed by atoms with van der Waals surface area (Å²) in [7, 11) is 2.02. The summed E-state index contributed by atoms with van der Waals surface area (Å²) in [6.45, 7) is 3.32. The zero-order valence-electron chi connectivity index (χ0n) is 9.34. The van der Waals surface area contributed by atoms with Gasteiger partial charge in [-0.3, -0.25) is 0 Å². The van der Waals surface area contributed by atoms with Gasteiger partial charge in [0.1, 0.15) is 0 Å². The van der Waals surface area contributed by atoms with Gasteiger partial charge in [0.05, 0.1) is 0 Å². The maximum Gasteiger partial charge on any atom is 0.0144 e. The lowest BCUT2D eigenvalue weighted by Gasteiger charge is -2.12. The molecule has 1 aliphatic heterocycles. The highest BCUT2D eigenvalue weighted by atomic mass is 14.9. The molecular weight excluding hydrogens is 172 g/mol. The molecule has 1 aliphatic rings. The summed E-state index contributed by atoms with van der Waals surface area (Å²) in [4.78, 5) is 0. The molecule has 0 aromatic rings. The van der Waals surface area contributed by atoms with Crippen LogP contribution in [0.4, 0.5) is 0 Å². The van der Waals surface area contributed by atoms with Crippen LogP contribution in [0.25, 0.3) is 0 Å². The third kappa shape index (κ3) is 4.47. The van der Waals surface area contributed by atoms with Gasteiger partial charge in [-0.15, -0.1) is 0 Å². The zero-order chi connectivity index (χ0) is 10.2. The highest BCUT2D eigenvalue weighted by molar-refractivity contribution is 5.09. The lowest BCUT2D eigenvalue weighted by Crippen LogP contribution is -2.22. The van der Waals surface area contributed by atoms with Crippen molar-refractivity contribution < 1.29 is 0 Å². The second kappa shape index (κ2) is 6.66. The second-order valence-electron chi connectivity index (χ2n) is 3.97. The van der Waals surface area contributed by atoms with Crippen molar-refractivity contribution in [3.05, 3.63) is 23.9 Å². The third-order valence-electron chi connectivity index (χ3n) is 2.61. The van der Waals surface area contributed by atoms with Crippen molar-refractivity contribution in [2.75, 3.05) is 13.6 Å². The summed E-state index contributed by atoms with van der Waals surface area (Å²) in [6, 6.07) is 0.567. The molecule has 0 aromatic heterocycles. The fourth-order valence-electron chi connectivity index (χ4n) is 1.59. The Labute approximate surface area is 87.5 Å². The molecule has 80 valence electrons. The van der Waals surface area contributed by atoms with Crippen molar-refractivity contribution in [1.29, 1.82) is 0 Å². The Bertz CT molecular complexity index is 206. The van der Waals surface area contributed by atoms with Gasteiger partial charge in [-0.2, -0.15) is 0 Å². The Hall–Kier alpha value is -0.760. The lowest BCUT2D eigenvalue weighted by atomic mass is 10.1. The SMILES string of the molecule is CNC(C)C/C1=C/NCCC/C=C\C1. The molecule has 2 heteroatoms. The predicted octanol–water partition coefficient (Wildman–Crippen LogP) is 2.20. The van der Waals surface area contributed by atoms with Gasteiger partial charge < -0.3 is 10.6 Å². The van der Waals surface area contributed by atoms with E-state index in [9.17, 15) is 0 Å². The summed E-state index contributed by atoms with van der Waals surface area (Å²) in [5.41, 5.74) is 1.49. The van der Waals surface area contributed by atoms with Crippen LogP contribution < -0.4 is 10.6 Å². The van der Waals surface area contributed by atoms with E-state index in [1.165, 1.54) is 18.4 Å². The van der Waals surface area contributed by atoms with Crippen molar-refractivity contribution in [3.63, 3.8) is 0 Å². The first-order valence-corrected chi connectivity index (χ1v) is 5.56. The van der Waals surface area contributed by atoms with E-state index in [1.807, 2.05) is 7.05 Å². The van der Waals surface area contributed by atoms with E-state index in [0.717, 1.165) is 19.4 Å². The Kier molecular flexibility index (Phi) is 5.38. The second-order valence-corrected chi connectivity index (χ2v) is 3.97. The van der Waals surface area contributed by atoms with Crippen LogP contribution in [0.1, 0.15) is 32.6 Å². The molecule has 0 saturated carbocycles. The molecule has 1 atom stereocenters. The van der Waals surface area contributed by atoms with E-state index in [2.05, 4.69) is 35.9 Å². The molecule has 0 fully saturated rings. The first-order valence-electron chi connectivity index (χ1n) is 5.56. The molecule has 0 radical (unpaired) electrons. The van der Waals surface area contributed by atoms with Gasteiger partial charge in [0, 0.05) is 12.6 Å². The zero-order valence-corrected chi connectivity index (χ0v) is 9.34. The van der Waals surface area contributed by atoms with Crippen molar-refractivity contribution in [3.8, 4) is 0 Å². The summed E-state index contributed by atoms with van der Waals surface area (Å²) >= 11 is 0. The molecule has 0 spiro atoms. The van der Waals surface area contributed by atoms with Crippen LogP contribution in [0.15, 0.2) is 23.9 Å². The Morgan fingerprint density at radius 2 is 2.36 bits per heavy atom. The molecule has 0 saturated heterocycles. The number of allylic oxidation sites excluding steroid dienone is 2. The molecule has 1 rings (SSSR count). The smallest absolute Gasteiger partial charge is 0.0144 e. The summed E-state index contributed by atoms with van der Waals surface area (Å²) in [5, 5.41) is 6.65. The van der Waals surface area contributed by atoms with E-state index < -0.39 is 0 Å². The van der Waals surface area contributed by atoms with E-state index in [4.69, 9.17) is 0 Å². The largest absolute Gasteiger partial charge is 0.391 e. The van der Waals surface area contributed by atoms with Crippen molar-refractivity contribution in [2.45, 2.75) is 38.6 Å². The molecule has 0 aromatic carbocycles. The monoisotopic (exact) mass is 194 g/mol.